The average Bonchev–Trinajstić information content (AvgIpc) is 2.76. The minimum atomic E-state index is 0.368. The summed E-state index contributed by atoms with van der Waals surface area (Å²) in [6, 6.07) is 1.96. The highest BCUT2D eigenvalue weighted by Gasteiger charge is 2.04. The molecule has 2 aromatic rings. The molecule has 0 N–H and O–H groups in total. The van der Waals surface area contributed by atoms with E-state index in [1.165, 1.54) is 0 Å². The van der Waals surface area contributed by atoms with Gasteiger partial charge in [0.05, 0.1) is 18.1 Å². The van der Waals surface area contributed by atoms with E-state index in [9.17, 15) is 0 Å². The Kier molecular flexibility index (Phi) is 2.49. The Morgan fingerprint density at radius 2 is 2.36 bits per heavy atom. The van der Waals surface area contributed by atoms with Gasteiger partial charge in [-0.2, -0.15) is 5.10 Å². The van der Waals surface area contributed by atoms with E-state index in [2.05, 4.69) is 15.3 Å². The smallest absolute Gasteiger partial charge is 0.148 e. The molecule has 0 bridgehead atoms. The SMILES string of the molecule is Cn1ccc(Cn2cnnc2CCl)n1. The zero-order valence-electron chi connectivity index (χ0n) is 7.76. The van der Waals surface area contributed by atoms with E-state index in [4.69, 9.17) is 11.6 Å². The van der Waals surface area contributed by atoms with Crippen molar-refractivity contribution in [3.05, 3.63) is 30.1 Å². The molecule has 0 aromatic carbocycles. The van der Waals surface area contributed by atoms with Gasteiger partial charge < -0.3 is 4.57 Å². The maximum absolute atomic E-state index is 5.70. The maximum Gasteiger partial charge on any atom is 0.148 e. The summed E-state index contributed by atoms with van der Waals surface area (Å²) < 4.78 is 3.65. The molecule has 0 unspecified atom stereocenters. The standard InChI is InChI=1S/C8H10ClN5/c1-13-3-2-7(12-13)5-14-6-10-11-8(14)4-9/h2-3,6H,4-5H2,1H3. The molecule has 0 aliphatic rings. The van der Waals surface area contributed by atoms with Gasteiger partial charge in [-0.05, 0) is 6.07 Å². The molecule has 0 saturated carbocycles. The Labute approximate surface area is 86.3 Å². The van der Waals surface area contributed by atoms with Crippen LogP contribution in [0.3, 0.4) is 0 Å². The van der Waals surface area contributed by atoms with Crippen molar-refractivity contribution in [2.45, 2.75) is 12.4 Å². The second-order valence-electron chi connectivity index (χ2n) is 2.99. The Bertz CT molecular complexity index is 419. The van der Waals surface area contributed by atoms with Crippen LogP contribution in [0, 0.1) is 0 Å². The fourth-order valence-electron chi connectivity index (χ4n) is 1.24. The number of aryl methyl sites for hydroxylation is 1. The molecule has 0 spiro atoms. The summed E-state index contributed by atoms with van der Waals surface area (Å²) in [6.45, 7) is 0.663. The van der Waals surface area contributed by atoms with Gasteiger partial charge in [0.2, 0.25) is 0 Å². The Hall–Kier alpha value is -1.36. The Morgan fingerprint density at radius 3 is 3.00 bits per heavy atom. The van der Waals surface area contributed by atoms with Gasteiger partial charge in [-0.1, -0.05) is 0 Å². The highest BCUT2D eigenvalue weighted by Crippen LogP contribution is 2.03. The van der Waals surface area contributed by atoms with Crippen LogP contribution in [-0.4, -0.2) is 24.5 Å². The predicted molar refractivity (Wildman–Crippen MR) is 51.9 cm³/mol. The molecule has 2 rings (SSSR count). The maximum atomic E-state index is 5.70. The first-order chi connectivity index (χ1) is 6.79. The van der Waals surface area contributed by atoms with Gasteiger partial charge >= 0.3 is 0 Å². The van der Waals surface area contributed by atoms with Crippen molar-refractivity contribution in [1.82, 2.24) is 24.5 Å². The molecule has 0 fully saturated rings. The number of rotatable bonds is 3. The third-order valence-corrected chi connectivity index (χ3v) is 2.16. The molecular formula is C8H10ClN5. The fourth-order valence-corrected chi connectivity index (χ4v) is 1.44. The lowest BCUT2D eigenvalue weighted by atomic mass is 10.4. The average molecular weight is 212 g/mol. The molecule has 0 aliphatic heterocycles. The molecule has 5 nitrogen and oxygen atoms in total. The molecule has 0 saturated heterocycles. The van der Waals surface area contributed by atoms with E-state index in [-0.39, 0.29) is 0 Å². The van der Waals surface area contributed by atoms with Crippen LogP contribution in [0.4, 0.5) is 0 Å². The van der Waals surface area contributed by atoms with E-state index >= 15 is 0 Å². The molecule has 2 heterocycles. The molecule has 0 radical (unpaired) electrons. The highest BCUT2D eigenvalue weighted by molar-refractivity contribution is 6.16. The Balaban J connectivity index is 2.18. The number of hydrogen-bond donors (Lipinski definition) is 0. The minimum absolute atomic E-state index is 0.368. The van der Waals surface area contributed by atoms with Crippen LogP contribution in [0.1, 0.15) is 11.5 Å². The predicted octanol–water partition coefficient (Wildman–Crippen LogP) is 0.799. The van der Waals surface area contributed by atoms with Crippen LogP contribution >= 0.6 is 11.6 Å². The Morgan fingerprint density at radius 1 is 1.50 bits per heavy atom. The molecule has 6 heteroatoms. The lowest BCUT2D eigenvalue weighted by Crippen LogP contribution is -2.03. The number of hydrogen-bond acceptors (Lipinski definition) is 3. The number of aromatic nitrogens is 5. The molecular weight excluding hydrogens is 202 g/mol. The van der Waals surface area contributed by atoms with Gasteiger partial charge in [-0.25, -0.2) is 0 Å². The van der Waals surface area contributed by atoms with Crippen LogP contribution in [0.25, 0.3) is 0 Å². The van der Waals surface area contributed by atoms with Crippen molar-refractivity contribution in [1.29, 1.82) is 0 Å². The zero-order valence-corrected chi connectivity index (χ0v) is 8.52. The van der Waals surface area contributed by atoms with Gasteiger partial charge in [0.15, 0.2) is 0 Å². The molecule has 0 aliphatic carbocycles. The summed E-state index contributed by atoms with van der Waals surface area (Å²) >= 11 is 5.70. The second kappa shape index (κ2) is 3.79. The number of nitrogens with zero attached hydrogens (tertiary/aromatic N) is 5. The number of alkyl halides is 1. The number of halogens is 1. The summed E-state index contributed by atoms with van der Waals surface area (Å²) in [5.74, 6) is 1.13. The largest absolute Gasteiger partial charge is 0.310 e. The summed E-state index contributed by atoms with van der Waals surface area (Å²) in [6.07, 6.45) is 3.56. The van der Waals surface area contributed by atoms with Gasteiger partial charge in [0.25, 0.3) is 0 Å². The lowest BCUT2D eigenvalue weighted by molar-refractivity contribution is 0.690. The van der Waals surface area contributed by atoms with Gasteiger partial charge in [0.1, 0.15) is 12.2 Å². The van der Waals surface area contributed by atoms with E-state index in [0.717, 1.165) is 11.5 Å². The van der Waals surface area contributed by atoms with Gasteiger partial charge in [0, 0.05) is 13.2 Å². The normalized spacial score (nSPS) is 10.7. The quantitative estimate of drug-likeness (QED) is 0.706. The monoisotopic (exact) mass is 211 g/mol. The molecule has 74 valence electrons. The van der Waals surface area contributed by atoms with Crippen LogP contribution in [-0.2, 0) is 19.5 Å². The summed E-state index contributed by atoms with van der Waals surface area (Å²) in [4.78, 5) is 0. The van der Waals surface area contributed by atoms with Crippen molar-refractivity contribution in [2.75, 3.05) is 0 Å². The van der Waals surface area contributed by atoms with Crippen molar-refractivity contribution < 1.29 is 0 Å². The first-order valence-corrected chi connectivity index (χ1v) is 4.74. The van der Waals surface area contributed by atoms with Crippen molar-refractivity contribution >= 4 is 11.6 Å². The van der Waals surface area contributed by atoms with E-state index in [0.29, 0.717) is 12.4 Å². The summed E-state index contributed by atoms with van der Waals surface area (Å²) in [5, 5.41) is 11.9. The van der Waals surface area contributed by atoms with Crippen molar-refractivity contribution in [2.24, 2.45) is 7.05 Å². The van der Waals surface area contributed by atoms with Gasteiger partial charge in [-0.3, -0.25) is 4.68 Å². The summed E-state index contributed by atoms with van der Waals surface area (Å²) in [7, 11) is 1.89. The fraction of sp³-hybridized carbons (Fsp3) is 0.375. The summed E-state index contributed by atoms with van der Waals surface area (Å²) in [5.41, 5.74) is 0.971. The van der Waals surface area contributed by atoms with Crippen LogP contribution in [0.15, 0.2) is 18.6 Å². The first kappa shape index (κ1) is 9.21. The second-order valence-corrected chi connectivity index (χ2v) is 3.26. The molecule has 0 atom stereocenters. The third-order valence-electron chi connectivity index (χ3n) is 1.92. The van der Waals surface area contributed by atoms with Crippen molar-refractivity contribution in [3.63, 3.8) is 0 Å². The molecule has 14 heavy (non-hydrogen) atoms. The third kappa shape index (κ3) is 1.77. The van der Waals surface area contributed by atoms with Crippen LogP contribution in [0.5, 0.6) is 0 Å². The topological polar surface area (TPSA) is 48.5 Å². The van der Waals surface area contributed by atoms with Crippen LogP contribution in [0.2, 0.25) is 0 Å². The molecule has 2 aromatic heterocycles. The van der Waals surface area contributed by atoms with E-state index < -0.39 is 0 Å². The molecule has 0 amide bonds. The van der Waals surface area contributed by atoms with Crippen molar-refractivity contribution in [3.8, 4) is 0 Å². The van der Waals surface area contributed by atoms with Gasteiger partial charge in [-0.15, -0.1) is 21.8 Å². The van der Waals surface area contributed by atoms with E-state index in [1.54, 1.807) is 11.0 Å². The highest BCUT2D eigenvalue weighted by atomic mass is 35.5. The minimum Gasteiger partial charge on any atom is -0.310 e. The van der Waals surface area contributed by atoms with Crippen LogP contribution < -0.4 is 0 Å². The first-order valence-electron chi connectivity index (χ1n) is 4.21. The zero-order chi connectivity index (χ0) is 9.97. The lowest BCUT2D eigenvalue weighted by Gasteiger charge is -2.00. The van der Waals surface area contributed by atoms with E-state index in [1.807, 2.05) is 23.9 Å².